The highest BCUT2D eigenvalue weighted by Gasteiger charge is 2.22. The van der Waals surface area contributed by atoms with Crippen molar-refractivity contribution < 1.29 is 9.59 Å². The SMILES string of the molecule is O=C(CCCCl)Nc1ccccc1C(=O)N1CCCC1. The van der Waals surface area contributed by atoms with Crippen molar-refractivity contribution in [3.05, 3.63) is 29.8 Å². The van der Waals surface area contributed by atoms with Crippen LogP contribution in [0.2, 0.25) is 0 Å². The Labute approximate surface area is 124 Å². The summed E-state index contributed by atoms with van der Waals surface area (Å²) in [6.07, 6.45) is 3.11. The van der Waals surface area contributed by atoms with E-state index in [4.69, 9.17) is 11.6 Å². The second-order valence-corrected chi connectivity index (χ2v) is 5.26. The molecule has 1 saturated heterocycles. The largest absolute Gasteiger partial charge is 0.339 e. The minimum Gasteiger partial charge on any atom is -0.339 e. The molecule has 20 heavy (non-hydrogen) atoms. The van der Waals surface area contributed by atoms with Crippen LogP contribution in [0.4, 0.5) is 5.69 Å². The van der Waals surface area contributed by atoms with E-state index < -0.39 is 0 Å². The Hall–Kier alpha value is -1.55. The molecule has 1 aliphatic heterocycles. The van der Waals surface area contributed by atoms with E-state index in [0.29, 0.717) is 30.0 Å². The van der Waals surface area contributed by atoms with E-state index in [1.54, 1.807) is 12.1 Å². The number of halogens is 1. The van der Waals surface area contributed by atoms with Gasteiger partial charge in [-0.2, -0.15) is 0 Å². The zero-order valence-corrected chi connectivity index (χ0v) is 12.2. The molecule has 2 amide bonds. The Morgan fingerprint density at radius 3 is 2.60 bits per heavy atom. The maximum absolute atomic E-state index is 12.4. The first kappa shape index (κ1) is 14.9. The number of para-hydroxylation sites is 1. The standard InChI is InChI=1S/C15H19ClN2O2/c16-9-5-8-14(19)17-13-7-2-1-6-12(13)15(20)18-10-3-4-11-18/h1-2,6-7H,3-5,8-11H2,(H,17,19). The number of hydrogen-bond donors (Lipinski definition) is 1. The summed E-state index contributed by atoms with van der Waals surface area (Å²) in [5.74, 6) is 0.352. The highest BCUT2D eigenvalue weighted by Crippen LogP contribution is 2.20. The number of rotatable bonds is 5. The molecule has 2 rings (SSSR count). The van der Waals surface area contributed by atoms with Crippen molar-refractivity contribution in [3.8, 4) is 0 Å². The Kier molecular flexibility index (Phi) is 5.41. The van der Waals surface area contributed by atoms with Gasteiger partial charge in [-0.1, -0.05) is 12.1 Å². The first-order valence-electron chi connectivity index (χ1n) is 6.96. The zero-order chi connectivity index (χ0) is 14.4. The number of amides is 2. The van der Waals surface area contributed by atoms with Crippen LogP contribution >= 0.6 is 11.6 Å². The monoisotopic (exact) mass is 294 g/mol. The predicted octanol–water partition coefficient (Wildman–Crippen LogP) is 2.88. The normalized spacial score (nSPS) is 14.3. The van der Waals surface area contributed by atoms with Gasteiger partial charge in [0.15, 0.2) is 0 Å². The summed E-state index contributed by atoms with van der Waals surface area (Å²) >= 11 is 5.58. The van der Waals surface area contributed by atoms with Gasteiger partial charge in [0, 0.05) is 25.4 Å². The molecule has 1 heterocycles. The van der Waals surface area contributed by atoms with Gasteiger partial charge in [-0.3, -0.25) is 9.59 Å². The summed E-state index contributed by atoms with van der Waals surface area (Å²) in [6.45, 7) is 1.60. The fraction of sp³-hybridized carbons (Fsp3) is 0.467. The zero-order valence-electron chi connectivity index (χ0n) is 11.4. The molecule has 0 atom stereocenters. The Morgan fingerprint density at radius 1 is 1.20 bits per heavy atom. The summed E-state index contributed by atoms with van der Waals surface area (Å²) in [5, 5.41) is 2.80. The van der Waals surface area contributed by atoms with Crippen molar-refractivity contribution in [2.45, 2.75) is 25.7 Å². The summed E-state index contributed by atoms with van der Waals surface area (Å²) in [7, 11) is 0. The topological polar surface area (TPSA) is 49.4 Å². The van der Waals surface area contributed by atoms with Gasteiger partial charge in [-0.05, 0) is 31.4 Å². The van der Waals surface area contributed by atoms with Crippen molar-refractivity contribution in [1.29, 1.82) is 0 Å². The average Bonchev–Trinajstić information content (AvgIpc) is 2.99. The van der Waals surface area contributed by atoms with E-state index in [1.165, 1.54) is 0 Å². The summed E-state index contributed by atoms with van der Waals surface area (Å²) in [6, 6.07) is 7.16. The lowest BCUT2D eigenvalue weighted by molar-refractivity contribution is -0.116. The van der Waals surface area contributed by atoms with Crippen LogP contribution in [-0.2, 0) is 4.79 Å². The average molecular weight is 295 g/mol. The minimum absolute atomic E-state index is 0.00394. The third kappa shape index (κ3) is 3.73. The summed E-state index contributed by atoms with van der Waals surface area (Å²) < 4.78 is 0. The summed E-state index contributed by atoms with van der Waals surface area (Å²) in [5.41, 5.74) is 1.15. The molecule has 1 aliphatic rings. The molecule has 5 heteroatoms. The molecule has 1 aromatic rings. The van der Waals surface area contributed by atoms with E-state index >= 15 is 0 Å². The van der Waals surface area contributed by atoms with Crippen LogP contribution in [0.1, 0.15) is 36.0 Å². The maximum Gasteiger partial charge on any atom is 0.255 e. The van der Waals surface area contributed by atoms with E-state index in [0.717, 1.165) is 25.9 Å². The molecular weight excluding hydrogens is 276 g/mol. The first-order valence-corrected chi connectivity index (χ1v) is 7.50. The maximum atomic E-state index is 12.4. The van der Waals surface area contributed by atoms with Crippen LogP contribution in [0.3, 0.4) is 0 Å². The highest BCUT2D eigenvalue weighted by molar-refractivity contribution is 6.18. The molecule has 0 radical (unpaired) electrons. The van der Waals surface area contributed by atoms with Gasteiger partial charge in [-0.15, -0.1) is 11.6 Å². The fourth-order valence-corrected chi connectivity index (χ4v) is 2.44. The van der Waals surface area contributed by atoms with Gasteiger partial charge in [0.1, 0.15) is 0 Å². The van der Waals surface area contributed by atoms with Gasteiger partial charge in [-0.25, -0.2) is 0 Å². The number of nitrogens with one attached hydrogen (secondary N) is 1. The van der Waals surface area contributed by atoms with Crippen molar-refractivity contribution in [3.63, 3.8) is 0 Å². The van der Waals surface area contributed by atoms with Crippen LogP contribution < -0.4 is 5.32 Å². The molecule has 1 N–H and O–H groups in total. The Bertz CT molecular complexity index is 485. The molecule has 108 valence electrons. The number of carbonyl (C=O) groups excluding carboxylic acids is 2. The van der Waals surface area contributed by atoms with Crippen LogP contribution in [-0.4, -0.2) is 35.7 Å². The highest BCUT2D eigenvalue weighted by atomic mass is 35.5. The molecule has 0 aliphatic carbocycles. The molecule has 0 unspecified atom stereocenters. The number of nitrogens with zero attached hydrogens (tertiary/aromatic N) is 1. The van der Waals surface area contributed by atoms with Crippen LogP contribution in [0.5, 0.6) is 0 Å². The van der Waals surface area contributed by atoms with Crippen LogP contribution in [0.15, 0.2) is 24.3 Å². The number of alkyl halides is 1. The third-order valence-corrected chi connectivity index (χ3v) is 3.63. The smallest absolute Gasteiger partial charge is 0.255 e. The second-order valence-electron chi connectivity index (χ2n) is 4.89. The van der Waals surface area contributed by atoms with Gasteiger partial charge in [0.2, 0.25) is 5.91 Å². The van der Waals surface area contributed by atoms with E-state index in [-0.39, 0.29) is 11.8 Å². The number of carbonyl (C=O) groups is 2. The van der Waals surface area contributed by atoms with Gasteiger partial charge >= 0.3 is 0 Å². The van der Waals surface area contributed by atoms with Crippen molar-refractivity contribution in [1.82, 2.24) is 4.90 Å². The van der Waals surface area contributed by atoms with Gasteiger partial charge in [0.05, 0.1) is 11.3 Å². The molecule has 0 aromatic heterocycles. The molecule has 4 nitrogen and oxygen atoms in total. The number of anilines is 1. The summed E-state index contributed by atoms with van der Waals surface area (Å²) in [4.78, 5) is 26.0. The lowest BCUT2D eigenvalue weighted by Crippen LogP contribution is -2.28. The minimum atomic E-state index is -0.104. The molecule has 1 aromatic carbocycles. The number of benzene rings is 1. The third-order valence-electron chi connectivity index (χ3n) is 3.36. The number of likely N-dealkylation sites (tertiary alicyclic amines) is 1. The van der Waals surface area contributed by atoms with Gasteiger partial charge < -0.3 is 10.2 Å². The lowest BCUT2D eigenvalue weighted by atomic mass is 10.1. The Balaban J connectivity index is 2.09. The molecule has 0 saturated carbocycles. The predicted molar refractivity (Wildman–Crippen MR) is 80.2 cm³/mol. The van der Waals surface area contributed by atoms with Gasteiger partial charge in [0.25, 0.3) is 5.91 Å². The van der Waals surface area contributed by atoms with E-state index in [2.05, 4.69) is 5.32 Å². The second kappa shape index (κ2) is 7.29. The quantitative estimate of drug-likeness (QED) is 0.849. The molecule has 0 spiro atoms. The van der Waals surface area contributed by atoms with Crippen molar-refractivity contribution in [2.24, 2.45) is 0 Å². The lowest BCUT2D eigenvalue weighted by Gasteiger charge is -2.17. The first-order chi connectivity index (χ1) is 9.72. The number of hydrogen-bond acceptors (Lipinski definition) is 2. The molecular formula is C15H19ClN2O2. The Morgan fingerprint density at radius 2 is 1.90 bits per heavy atom. The molecule has 0 bridgehead atoms. The van der Waals surface area contributed by atoms with E-state index in [9.17, 15) is 9.59 Å². The fourth-order valence-electron chi connectivity index (χ4n) is 2.31. The van der Waals surface area contributed by atoms with Crippen LogP contribution in [0.25, 0.3) is 0 Å². The van der Waals surface area contributed by atoms with E-state index in [1.807, 2.05) is 17.0 Å². The molecule has 1 fully saturated rings. The van der Waals surface area contributed by atoms with Crippen molar-refractivity contribution >= 4 is 29.1 Å². The van der Waals surface area contributed by atoms with Crippen LogP contribution in [0, 0.1) is 0 Å². The van der Waals surface area contributed by atoms with Crippen molar-refractivity contribution in [2.75, 3.05) is 24.3 Å².